The molecule has 1 rings (SSSR count). The average molecular weight is 201 g/mol. The van der Waals surface area contributed by atoms with E-state index in [9.17, 15) is 0 Å². The van der Waals surface area contributed by atoms with Gasteiger partial charge in [-0.3, -0.25) is 0 Å². The molecule has 0 aliphatic carbocycles. The molecule has 1 aromatic rings. The second-order valence-electron chi connectivity index (χ2n) is 2.86. The number of hydrogen-bond donors (Lipinski definition) is 3. The number of nitrogens with two attached hydrogens (primary N) is 2. The number of benzene rings is 1. The first-order chi connectivity index (χ1) is 6.16. The number of anilines is 1. The highest BCUT2D eigenvalue weighted by Gasteiger charge is 2.10. The molecule has 0 aliphatic rings. The van der Waals surface area contributed by atoms with Crippen LogP contribution in [0.5, 0.6) is 0 Å². The van der Waals surface area contributed by atoms with Gasteiger partial charge in [-0.1, -0.05) is 23.7 Å². The Morgan fingerprint density at radius 1 is 1.46 bits per heavy atom. The zero-order valence-corrected chi connectivity index (χ0v) is 7.96. The van der Waals surface area contributed by atoms with Crippen molar-refractivity contribution in [3.8, 4) is 0 Å². The lowest BCUT2D eigenvalue weighted by Crippen LogP contribution is -2.14. The second kappa shape index (κ2) is 4.46. The molecular weight excluding hydrogens is 188 g/mol. The van der Waals surface area contributed by atoms with E-state index in [4.69, 9.17) is 28.2 Å². The van der Waals surface area contributed by atoms with Crippen molar-refractivity contribution in [2.45, 2.75) is 12.5 Å². The predicted octanol–water partition coefficient (Wildman–Crippen LogP) is 1.30. The van der Waals surface area contributed by atoms with Gasteiger partial charge in [0.1, 0.15) is 0 Å². The van der Waals surface area contributed by atoms with Crippen molar-refractivity contribution >= 4 is 17.3 Å². The van der Waals surface area contributed by atoms with Gasteiger partial charge in [0.15, 0.2) is 0 Å². The lowest BCUT2D eigenvalue weighted by atomic mass is 10.0. The van der Waals surface area contributed by atoms with Gasteiger partial charge in [0.25, 0.3) is 0 Å². The summed E-state index contributed by atoms with van der Waals surface area (Å²) >= 11 is 5.82. The fourth-order valence-corrected chi connectivity index (χ4v) is 1.35. The van der Waals surface area contributed by atoms with E-state index in [-0.39, 0.29) is 12.6 Å². The summed E-state index contributed by atoms with van der Waals surface area (Å²) in [4.78, 5) is 0. The Morgan fingerprint density at radius 3 is 2.77 bits per heavy atom. The third kappa shape index (κ3) is 2.34. The summed E-state index contributed by atoms with van der Waals surface area (Å²) in [6.45, 7) is 0.0487. The average Bonchev–Trinajstić information content (AvgIpc) is 2.10. The van der Waals surface area contributed by atoms with Crippen LogP contribution < -0.4 is 11.5 Å². The van der Waals surface area contributed by atoms with E-state index in [0.717, 1.165) is 5.56 Å². The van der Waals surface area contributed by atoms with Gasteiger partial charge in [0, 0.05) is 12.6 Å². The molecule has 0 spiro atoms. The Bertz CT molecular complexity index is 291. The van der Waals surface area contributed by atoms with Crippen LogP contribution in [0, 0.1) is 0 Å². The first-order valence-corrected chi connectivity index (χ1v) is 4.45. The van der Waals surface area contributed by atoms with E-state index in [2.05, 4.69) is 0 Å². The number of aliphatic hydroxyl groups excluding tert-OH is 1. The standard InChI is InChI=1S/C9H13ClN2O/c10-7-3-1-2-6(9(7)12)8(11)4-5-13/h1-3,8,13H,4-5,11-12H2/t8-/m0/s1. The Morgan fingerprint density at radius 2 is 2.15 bits per heavy atom. The first kappa shape index (κ1) is 10.3. The molecule has 5 N–H and O–H groups in total. The number of hydrogen-bond acceptors (Lipinski definition) is 3. The van der Waals surface area contributed by atoms with E-state index < -0.39 is 0 Å². The third-order valence-electron chi connectivity index (χ3n) is 1.93. The summed E-state index contributed by atoms with van der Waals surface area (Å²) in [5.41, 5.74) is 12.8. The van der Waals surface area contributed by atoms with Crippen molar-refractivity contribution in [2.24, 2.45) is 5.73 Å². The van der Waals surface area contributed by atoms with Gasteiger partial charge >= 0.3 is 0 Å². The minimum absolute atomic E-state index is 0.0487. The molecular formula is C9H13ClN2O. The summed E-state index contributed by atoms with van der Waals surface area (Å²) in [7, 11) is 0. The molecule has 0 aliphatic heterocycles. The van der Waals surface area contributed by atoms with Gasteiger partial charge in [-0.15, -0.1) is 0 Å². The first-order valence-electron chi connectivity index (χ1n) is 4.07. The highest BCUT2D eigenvalue weighted by Crippen LogP contribution is 2.27. The van der Waals surface area contributed by atoms with E-state index in [1.807, 2.05) is 6.07 Å². The molecule has 1 atom stereocenters. The largest absolute Gasteiger partial charge is 0.397 e. The Kier molecular flexibility index (Phi) is 3.54. The van der Waals surface area contributed by atoms with Crippen LogP contribution in [0.2, 0.25) is 5.02 Å². The smallest absolute Gasteiger partial charge is 0.0638 e. The number of halogens is 1. The maximum absolute atomic E-state index is 8.70. The molecule has 0 saturated carbocycles. The zero-order chi connectivity index (χ0) is 9.84. The Labute approximate surface area is 82.3 Å². The molecule has 0 radical (unpaired) electrons. The molecule has 0 heterocycles. The lowest BCUT2D eigenvalue weighted by Gasteiger charge is -2.13. The van der Waals surface area contributed by atoms with Crippen LogP contribution in [-0.2, 0) is 0 Å². The molecule has 0 saturated heterocycles. The van der Waals surface area contributed by atoms with E-state index in [0.29, 0.717) is 17.1 Å². The van der Waals surface area contributed by atoms with Gasteiger partial charge in [-0.25, -0.2) is 0 Å². The van der Waals surface area contributed by atoms with Crippen molar-refractivity contribution < 1.29 is 5.11 Å². The van der Waals surface area contributed by atoms with Crippen LogP contribution in [0.25, 0.3) is 0 Å². The molecule has 0 bridgehead atoms. The van der Waals surface area contributed by atoms with Gasteiger partial charge in [-0.05, 0) is 18.1 Å². The predicted molar refractivity (Wildman–Crippen MR) is 54.5 cm³/mol. The monoisotopic (exact) mass is 200 g/mol. The van der Waals surface area contributed by atoms with Crippen LogP contribution >= 0.6 is 11.6 Å². The fraction of sp³-hybridized carbons (Fsp3) is 0.333. The van der Waals surface area contributed by atoms with Crippen molar-refractivity contribution in [3.63, 3.8) is 0 Å². The Balaban J connectivity index is 2.93. The van der Waals surface area contributed by atoms with E-state index >= 15 is 0 Å². The quantitative estimate of drug-likeness (QED) is 0.645. The topological polar surface area (TPSA) is 72.3 Å². The molecule has 0 amide bonds. The summed E-state index contributed by atoms with van der Waals surface area (Å²) in [6, 6.07) is 5.09. The Hall–Kier alpha value is -0.770. The van der Waals surface area contributed by atoms with Gasteiger partial charge in [-0.2, -0.15) is 0 Å². The van der Waals surface area contributed by atoms with Gasteiger partial charge in [0.2, 0.25) is 0 Å². The highest BCUT2D eigenvalue weighted by atomic mass is 35.5. The molecule has 72 valence electrons. The number of aliphatic hydroxyl groups is 1. The van der Waals surface area contributed by atoms with Crippen molar-refractivity contribution in [3.05, 3.63) is 28.8 Å². The number of rotatable bonds is 3. The van der Waals surface area contributed by atoms with Crippen LogP contribution in [0.15, 0.2) is 18.2 Å². The fourth-order valence-electron chi connectivity index (χ4n) is 1.17. The SMILES string of the molecule is Nc1c(Cl)cccc1[C@@H](N)CCO. The summed E-state index contributed by atoms with van der Waals surface area (Å²) in [5.74, 6) is 0. The molecule has 4 heteroatoms. The third-order valence-corrected chi connectivity index (χ3v) is 2.26. The maximum atomic E-state index is 8.70. The minimum Gasteiger partial charge on any atom is -0.397 e. The minimum atomic E-state index is -0.247. The van der Waals surface area contributed by atoms with Gasteiger partial charge in [0.05, 0.1) is 10.7 Å². The molecule has 3 nitrogen and oxygen atoms in total. The molecule has 0 fully saturated rings. The lowest BCUT2D eigenvalue weighted by molar-refractivity contribution is 0.276. The van der Waals surface area contributed by atoms with Crippen molar-refractivity contribution in [2.75, 3.05) is 12.3 Å². The summed E-state index contributed by atoms with van der Waals surface area (Å²) in [6.07, 6.45) is 0.491. The van der Waals surface area contributed by atoms with Crippen LogP contribution in [0.4, 0.5) is 5.69 Å². The molecule has 1 aromatic carbocycles. The van der Waals surface area contributed by atoms with Crippen molar-refractivity contribution in [1.29, 1.82) is 0 Å². The van der Waals surface area contributed by atoms with E-state index in [1.165, 1.54) is 0 Å². The second-order valence-corrected chi connectivity index (χ2v) is 3.27. The van der Waals surface area contributed by atoms with Crippen LogP contribution in [0.1, 0.15) is 18.0 Å². The van der Waals surface area contributed by atoms with Crippen LogP contribution in [-0.4, -0.2) is 11.7 Å². The highest BCUT2D eigenvalue weighted by molar-refractivity contribution is 6.33. The van der Waals surface area contributed by atoms with E-state index in [1.54, 1.807) is 12.1 Å². The molecule has 0 unspecified atom stereocenters. The molecule has 0 aromatic heterocycles. The number of para-hydroxylation sites is 1. The van der Waals surface area contributed by atoms with Crippen molar-refractivity contribution in [1.82, 2.24) is 0 Å². The normalized spacial score (nSPS) is 12.8. The number of nitrogen functional groups attached to an aromatic ring is 1. The van der Waals surface area contributed by atoms with Crippen LogP contribution in [0.3, 0.4) is 0 Å². The molecule has 13 heavy (non-hydrogen) atoms. The summed E-state index contributed by atoms with van der Waals surface area (Å²) in [5, 5.41) is 9.21. The van der Waals surface area contributed by atoms with Gasteiger partial charge < -0.3 is 16.6 Å². The zero-order valence-electron chi connectivity index (χ0n) is 7.20. The summed E-state index contributed by atoms with van der Waals surface area (Å²) < 4.78 is 0. The maximum Gasteiger partial charge on any atom is 0.0638 e.